The van der Waals surface area contributed by atoms with Crippen LogP contribution in [0.1, 0.15) is 18.5 Å². The van der Waals surface area contributed by atoms with Crippen molar-refractivity contribution in [1.29, 1.82) is 0 Å². The lowest BCUT2D eigenvalue weighted by molar-refractivity contribution is -0.143. The molecule has 7 heteroatoms. The van der Waals surface area contributed by atoms with Crippen molar-refractivity contribution in [2.45, 2.75) is 18.9 Å². The summed E-state index contributed by atoms with van der Waals surface area (Å²) in [5, 5.41) is 2.51. The van der Waals surface area contributed by atoms with Crippen LogP contribution < -0.4 is 4.90 Å². The van der Waals surface area contributed by atoms with Crippen LogP contribution in [0.5, 0.6) is 0 Å². The van der Waals surface area contributed by atoms with Crippen LogP contribution in [0.15, 0.2) is 35.3 Å². The van der Waals surface area contributed by atoms with E-state index in [-0.39, 0.29) is 12.1 Å². The molecule has 0 aromatic carbocycles. The van der Waals surface area contributed by atoms with Gasteiger partial charge in [-0.1, -0.05) is 11.6 Å². The van der Waals surface area contributed by atoms with Crippen molar-refractivity contribution in [3.63, 3.8) is 0 Å². The average Bonchev–Trinajstić information content (AvgIpc) is 3.08. The van der Waals surface area contributed by atoms with E-state index in [9.17, 15) is 4.79 Å². The summed E-state index contributed by atoms with van der Waals surface area (Å²) >= 11 is 7.34. The van der Waals surface area contributed by atoms with Gasteiger partial charge in [-0.3, -0.25) is 0 Å². The van der Waals surface area contributed by atoms with Crippen LogP contribution in [0.4, 0.5) is 5.82 Å². The number of hydrogen-bond donors (Lipinski definition) is 0. The number of esters is 1. The standard InChI is InChI=1S/C16H16ClN3O2S/c17-12-1-3-15(18-9-12)20-7-5-14(6-8-20)22-16(21)4-2-13-10-23-11-19-13/h1-4,9-11,14H,5-8H2. The first kappa shape index (κ1) is 16.0. The lowest BCUT2D eigenvalue weighted by atomic mass is 10.1. The lowest BCUT2D eigenvalue weighted by Gasteiger charge is -2.32. The van der Waals surface area contributed by atoms with Gasteiger partial charge < -0.3 is 9.64 Å². The third-order valence-electron chi connectivity index (χ3n) is 3.60. The van der Waals surface area contributed by atoms with E-state index in [2.05, 4.69) is 14.9 Å². The number of piperidine rings is 1. The van der Waals surface area contributed by atoms with E-state index in [4.69, 9.17) is 16.3 Å². The molecule has 0 radical (unpaired) electrons. The zero-order valence-corrected chi connectivity index (χ0v) is 14.0. The summed E-state index contributed by atoms with van der Waals surface area (Å²) in [4.78, 5) is 22.4. The predicted octanol–water partition coefficient (Wildman–Crippen LogP) is 3.42. The molecule has 2 aromatic heterocycles. The zero-order chi connectivity index (χ0) is 16.1. The van der Waals surface area contributed by atoms with Crippen LogP contribution in [-0.2, 0) is 9.53 Å². The van der Waals surface area contributed by atoms with Crippen molar-refractivity contribution < 1.29 is 9.53 Å². The highest BCUT2D eigenvalue weighted by atomic mass is 35.5. The minimum absolute atomic E-state index is 0.0499. The summed E-state index contributed by atoms with van der Waals surface area (Å²) in [7, 11) is 0. The van der Waals surface area contributed by atoms with Gasteiger partial charge in [0.05, 0.1) is 16.2 Å². The van der Waals surface area contributed by atoms with Gasteiger partial charge in [0.15, 0.2) is 0 Å². The monoisotopic (exact) mass is 349 g/mol. The lowest BCUT2D eigenvalue weighted by Crippen LogP contribution is -2.38. The van der Waals surface area contributed by atoms with Gasteiger partial charge in [-0.2, -0.15) is 0 Å². The number of carbonyl (C=O) groups is 1. The molecule has 0 bridgehead atoms. The van der Waals surface area contributed by atoms with Gasteiger partial charge >= 0.3 is 5.97 Å². The predicted molar refractivity (Wildman–Crippen MR) is 91.7 cm³/mol. The second-order valence-electron chi connectivity index (χ2n) is 5.20. The van der Waals surface area contributed by atoms with Crippen LogP contribution >= 0.6 is 22.9 Å². The normalized spacial score (nSPS) is 16.0. The highest BCUT2D eigenvalue weighted by Crippen LogP contribution is 2.21. The number of anilines is 1. The topological polar surface area (TPSA) is 55.3 Å². The molecule has 0 N–H and O–H groups in total. The molecule has 2 aromatic rings. The molecule has 3 rings (SSSR count). The smallest absolute Gasteiger partial charge is 0.331 e. The summed E-state index contributed by atoms with van der Waals surface area (Å²) in [6, 6.07) is 3.74. The van der Waals surface area contributed by atoms with E-state index < -0.39 is 0 Å². The molecule has 0 saturated carbocycles. The number of carbonyl (C=O) groups excluding carboxylic acids is 1. The molecule has 1 fully saturated rings. The van der Waals surface area contributed by atoms with Gasteiger partial charge in [-0.15, -0.1) is 11.3 Å². The van der Waals surface area contributed by atoms with Gasteiger partial charge in [-0.25, -0.2) is 14.8 Å². The summed E-state index contributed by atoms with van der Waals surface area (Å²) in [5.74, 6) is 0.587. The van der Waals surface area contributed by atoms with Crippen LogP contribution in [0.2, 0.25) is 5.02 Å². The van der Waals surface area contributed by atoms with Gasteiger partial charge in [0.2, 0.25) is 0 Å². The highest BCUT2D eigenvalue weighted by molar-refractivity contribution is 7.07. The molecule has 0 unspecified atom stereocenters. The Morgan fingerprint density at radius 1 is 1.35 bits per heavy atom. The Hall–Kier alpha value is -1.92. The summed E-state index contributed by atoms with van der Waals surface area (Å²) in [5.41, 5.74) is 2.50. The molecular formula is C16H16ClN3O2S. The number of hydrogen-bond acceptors (Lipinski definition) is 6. The number of halogens is 1. The molecule has 5 nitrogen and oxygen atoms in total. The van der Waals surface area contributed by atoms with Crippen LogP contribution in [-0.4, -0.2) is 35.1 Å². The minimum Gasteiger partial charge on any atom is -0.459 e. The third-order valence-corrected chi connectivity index (χ3v) is 4.43. The number of rotatable bonds is 4. The van der Waals surface area contributed by atoms with Crippen LogP contribution in [0.3, 0.4) is 0 Å². The fourth-order valence-corrected chi connectivity index (χ4v) is 3.05. The average molecular weight is 350 g/mol. The molecule has 1 aliphatic rings. The molecule has 120 valence electrons. The fourth-order valence-electron chi connectivity index (χ4n) is 2.42. The third kappa shape index (κ3) is 4.53. The molecule has 3 heterocycles. The van der Waals surface area contributed by atoms with Crippen molar-refractivity contribution in [3.05, 3.63) is 46.0 Å². The molecule has 23 heavy (non-hydrogen) atoms. The van der Waals surface area contributed by atoms with Gasteiger partial charge in [0.25, 0.3) is 0 Å². The number of nitrogens with zero attached hydrogens (tertiary/aromatic N) is 3. The van der Waals surface area contributed by atoms with Crippen molar-refractivity contribution >= 4 is 40.8 Å². The molecule has 0 atom stereocenters. The minimum atomic E-state index is -0.318. The van der Waals surface area contributed by atoms with Crippen molar-refractivity contribution in [1.82, 2.24) is 9.97 Å². The van der Waals surface area contributed by atoms with E-state index >= 15 is 0 Å². The van der Waals surface area contributed by atoms with Gasteiger partial charge in [0.1, 0.15) is 11.9 Å². The summed E-state index contributed by atoms with van der Waals surface area (Å²) in [6.45, 7) is 1.62. The quantitative estimate of drug-likeness (QED) is 0.625. The summed E-state index contributed by atoms with van der Waals surface area (Å²) < 4.78 is 5.47. The molecule has 1 saturated heterocycles. The van der Waals surface area contributed by atoms with E-state index in [1.807, 2.05) is 17.5 Å². The number of thiazole rings is 1. The molecule has 0 spiro atoms. The van der Waals surface area contributed by atoms with Crippen molar-refractivity contribution in [3.8, 4) is 0 Å². The maximum absolute atomic E-state index is 11.8. The fraction of sp³-hybridized carbons (Fsp3) is 0.312. The Balaban J connectivity index is 1.47. The first-order valence-corrected chi connectivity index (χ1v) is 8.66. The first-order chi connectivity index (χ1) is 11.2. The largest absolute Gasteiger partial charge is 0.459 e. The number of ether oxygens (including phenoxy) is 1. The number of aromatic nitrogens is 2. The van der Waals surface area contributed by atoms with E-state index in [0.717, 1.165) is 37.4 Å². The maximum atomic E-state index is 11.8. The Bertz CT molecular complexity index is 665. The SMILES string of the molecule is O=C(C=Cc1cscn1)OC1CCN(c2ccc(Cl)cn2)CC1. The van der Waals surface area contributed by atoms with Gasteiger partial charge in [0, 0.05) is 43.6 Å². The Morgan fingerprint density at radius 2 is 2.17 bits per heavy atom. The van der Waals surface area contributed by atoms with E-state index in [1.54, 1.807) is 17.8 Å². The second-order valence-corrected chi connectivity index (χ2v) is 6.36. The second kappa shape index (κ2) is 7.57. The van der Waals surface area contributed by atoms with E-state index in [1.165, 1.54) is 17.4 Å². The molecule has 1 aliphatic heterocycles. The van der Waals surface area contributed by atoms with E-state index in [0.29, 0.717) is 5.02 Å². The van der Waals surface area contributed by atoms with Crippen molar-refractivity contribution in [2.75, 3.05) is 18.0 Å². The highest BCUT2D eigenvalue weighted by Gasteiger charge is 2.22. The Labute approximate surface area is 143 Å². The van der Waals surface area contributed by atoms with Crippen molar-refractivity contribution in [2.24, 2.45) is 0 Å². The zero-order valence-electron chi connectivity index (χ0n) is 12.4. The molecular weight excluding hydrogens is 334 g/mol. The summed E-state index contributed by atoms with van der Waals surface area (Å²) in [6.07, 6.45) is 6.28. The first-order valence-electron chi connectivity index (χ1n) is 7.34. The Kier molecular flexibility index (Phi) is 5.25. The van der Waals surface area contributed by atoms with Crippen LogP contribution in [0, 0.1) is 0 Å². The molecule has 0 aliphatic carbocycles. The molecule has 0 amide bonds. The van der Waals surface area contributed by atoms with Gasteiger partial charge in [-0.05, 0) is 18.2 Å². The Morgan fingerprint density at radius 3 is 2.83 bits per heavy atom. The number of pyridine rings is 1. The maximum Gasteiger partial charge on any atom is 0.331 e. The van der Waals surface area contributed by atoms with Crippen LogP contribution in [0.25, 0.3) is 6.08 Å².